The van der Waals surface area contributed by atoms with Gasteiger partial charge >= 0.3 is 0 Å². The maximum Gasteiger partial charge on any atom is 0.204 e. The number of benzene rings is 1. The van der Waals surface area contributed by atoms with Gasteiger partial charge in [0.05, 0.1) is 26.9 Å². The first kappa shape index (κ1) is 15.2. The predicted octanol–water partition coefficient (Wildman–Crippen LogP) is 2.70. The van der Waals surface area contributed by atoms with Gasteiger partial charge in [-0.1, -0.05) is 13.8 Å². The van der Waals surface area contributed by atoms with Crippen LogP contribution in [0.15, 0.2) is 12.1 Å². The largest absolute Gasteiger partial charge is 0.493 e. The summed E-state index contributed by atoms with van der Waals surface area (Å²) >= 11 is 0. The second kappa shape index (κ2) is 6.47. The number of aromatic amines is 1. The van der Waals surface area contributed by atoms with Crippen molar-refractivity contribution in [3.63, 3.8) is 0 Å². The summed E-state index contributed by atoms with van der Waals surface area (Å²) in [4.78, 5) is 4.52. The molecule has 0 atom stereocenters. The Bertz CT molecular complexity index is 608. The lowest BCUT2D eigenvalue weighted by Gasteiger charge is -2.14. The molecule has 21 heavy (non-hydrogen) atoms. The Morgan fingerprint density at radius 3 is 2.33 bits per heavy atom. The minimum Gasteiger partial charge on any atom is -0.493 e. The molecule has 2 rings (SSSR count). The highest BCUT2D eigenvalue weighted by Crippen LogP contribution is 2.43. The third-order valence-electron chi connectivity index (χ3n) is 3.08. The number of hydrogen-bond donors (Lipinski definition) is 1. The van der Waals surface area contributed by atoms with Crippen molar-refractivity contribution in [2.75, 3.05) is 21.3 Å². The minimum atomic E-state index is 0.512. The Hall–Kier alpha value is -2.24. The molecule has 0 bridgehead atoms. The third-order valence-corrected chi connectivity index (χ3v) is 3.08. The van der Waals surface area contributed by atoms with Crippen LogP contribution >= 0.6 is 0 Å². The van der Waals surface area contributed by atoms with Gasteiger partial charge in [-0.05, 0) is 18.1 Å². The fraction of sp³-hybridized carbons (Fsp3) is 0.467. The van der Waals surface area contributed by atoms with Crippen LogP contribution in [0.4, 0.5) is 0 Å². The molecule has 0 amide bonds. The number of H-pyrrole nitrogens is 1. The highest BCUT2D eigenvalue weighted by molar-refractivity contribution is 5.72. The van der Waals surface area contributed by atoms with E-state index in [1.807, 2.05) is 12.1 Å². The molecule has 1 aromatic carbocycles. The molecule has 0 aliphatic carbocycles. The number of ether oxygens (including phenoxy) is 3. The van der Waals surface area contributed by atoms with Gasteiger partial charge in [-0.3, -0.25) is 5.10 Å². The second-order valence-corrected chi connectivity index (χ2v) is 5.09. The Morgan fingerprint density at radius 2 is 1.76 bits per heavy atom. The van der Waals surface area contributed by atoms with Crippen molar-refractivity contribution in [2.45, 2.75) is 20.3 Å². The summed E-state index contributed by atoms with van der Waals surface area (Å²) in [6.07, 6.45) is 0.850. The van der Waals surface area contributed by atoms with Crippen molar-refractivity contribution in [1.29, 1.82) is 0 Å². The lowest BCUT2D eigenvalue weighted by Crippen LogP contribution is -1.98. The SMILES string of the molecule is COc1ccc(-c2n[nH]c(CC(C)C)n2)c(OC)c1OC. The van der Waals surface area contributed by atoms with E-state index in [1.165, 1.54) is 0 Å². The normalized spacial score (nSPS) is 10.8. The van der Waals surface area contributed by atoms with Gasteiger partial charge in [0, 0.05) is 6.42 Å². The van der Waals surface area contributed by atoms with Crippen molar-refractivity contribution in [1.82, 2.24) is 15.2 Å². The minimum absolute atomic E-state index is 0.512. The topological polar surface area (TPSA) is 69.3 Å². The van der Waals surface area contributed by atoms with Gasteiger partial charge < -0.3 is 14.2 Å². The average molecular weight is 291 g/mol. The van der Waals surface area contributed by atoms with Gasteiger partial charge in [0.15, 0.2) is 17.3 Å². The zero-order valence-electron chi connectivity index (χ0n) is 13.1. The van der Waals surface area contributed by atoms with Crippen LogP contribution in [0.2, 0.25) is 0 Å². The van der Waals surface area contributed by atoms with E-state index in [9.17, 15) is 0 Å². The van der Waals surface area contributed by atoms with Gasteiger partial charge in [0.25, 0.3) is 0 Å². The van der Waals surface area contributed by atoms with E-state index in [0.29, 0.717) is 29.0 Å². The van der Waals surface area contributed by atoms with Crippen molar-refractivity contribution in [3.05, 3.63) is 18.0 Å². The third kappa shape index (κ3) is 3.09. The molecule has 0 aliphatic rings. The summed E-state index contributed by atoms with van der Waals surface area (Å²) in [6.45, 7) is 4.28. The molecule has 1 N–H and O–H groups in total. The molecule has 0 radical (unpaired) electrons. The molecule has 0 spiro atoms. The van der Waals surface area contributed by atoms with Gasteiger partial charge in [-0.15, -0.1) is 0 Å². The van der Waals surface area contributed by atoms with E-state index in [-0.39, 0.29) is 0 Å². The maximum atomic E-state index is 5.46. The zero-order chi connectivity index (χ0) is 15.4. The Labute approximate surface area is 124 Å². The van der Waals surface area contributed by atoms with Crippen LogP contribution in [-0.4, -0.2) is 36.5 Å². The summed E-state index contributed by atoms with van der Waals surface area (Å²) in [6, 6.07) is 3.68. The first-order valence-electron chi connectivity index (χ1n) is 6.81. The molecular formula is C15H21N3O3. The van der Waals surface area contributed by atoms with Crippen molar-refractivity contribution < 1.29 is 14.2 Å². The summed E-state index contributed by atoms with van der Waals surface area (Å²) < 4.78 is 16.1. The Balaban J connectivity index is 2.46. The molecule has 6 heteroatoms. The predicted molar refractivity (Wildman–Crippen MR) is 80.0 cm³/mol. The van der Waals surface area contributed by atoms with Crippen LogP contribution in [0, 0.1) is 5.92 Å². The standard InChI is InChI=1S/C15H21N3O3/c1-9(2)8-12-16-15(18-17-12)10-6-7-11(19-3)14(21-5)13(10)20-4/h6-7,9H,8H2,1-5H3,(H,16,17,18). The molecule has 1 heterocycles. The molecule has 0 saturated carbocycles. The average Bonchev–Trinajstić information content (AvgIpc) is 2.92. The van der Waals surface area contributed by atoms with E-state index >= 15 is 0 Å². The van der Waals surface area contributed by atoms with E-state index < -0.39 is 0 Å². The van der Waals surface area contributed by atoms with Crippen LogP contribution in [0.1, 0.15) is 19.7 Å². The van der Waals surface area contributed by atoms with Crippen LogP contribution in [-0.2, 0) is 6.42 Å². The fourth-order valence-corrected chi connectivity index (χ4v) is 2.17. The highest BCUT2D eigenvalue weighted by atomic mass is 16.5. The first-order valence-corrected chi connectivity index (χ1v) is 6.81. The van der Waals surface area contributed by atoms with Gasteiger partial charge in [-0.2, -0.15) is 5.10 Å². The fourth-order valence-electron chi connectivity index (χ4n) is 2.17. The smallest absolute Gasteiger partial charge is 0.204 e. The molecule has 0 fully saturated rings. The second-order valence-electron chi connectivity index (χ2n) is 5.09. The quantitative estimate of drug-likeness (QED) is 0.886. The number of hydrogen-bond acceptors (Lipinski definition) is 5. The van der Waals surface area contributed by atoms with E-state index in [2.05, 4.69) is 29.0 Å². The number of methoxy groups -OCH3 is 3. The van der Waals surface area contributed by atoms with E-state index in [1.54, 1.807) is 21.3 Å². The number of rotatable bonds is 6. The Kier molecular flexibility index (Phi) is 4.67. The van der Waals surface area contributed by atoms with Crippen molar-refractivity contribution >= 4 is 0 Å². The molecule has 1 aromatic heterocycles. The van der Waals surface area contributed by atoms with Crippen LogP contribution in [0.25, 0.3) is 11.4 Å². The molecule has 0 saturated heterocycles. The van der Waals surface area contributed by atoms with Crippen LogP contribution in [0.5, 0.6) is 17.2 Å². The number of nitrogens with zero attached hydrogens (tertiary/aromatic N) is 2. The number of nitrogens with one attached hydrogen (secondary N) is 1. The van der Waals surface area contributed by atoms with Crippen molar-refractivity contribution in [2.24, 2.45) is 5.92 Å². The molecular weight excluding hydrogens is 270 g/mol. The molecule has 0 aliphatic heterocycles. The van der Waals surface area contributed by atoms with E-state index in [0.717, 1.165) is 17.8 Å². The summed E-state index contributed by atoms with van der Waals surface area (Å²) in [7, 11) is 4.75. The zero-order valence-corrected chi connectivity index (χ0v) is 13.1. The Morgan fingerprint density at radius 1 is 1.05 bits per heavy atom. The number of aromatic nitrogens is 3. The lowest BCUT2D eigenvalue weighted by molar-refractivity contribution is 0.325. The summed E-state index contributed by atoms with van der Waals surface area (Å²) in [5.74, 6) is 3.66. The molecule has 0 unspecified atom stereocenters. The summed E-state index contributed by atoms with van der Waals surface area (Å²) in [5.41, 5.74) is 0.765. The van der Waals surface area contributed by atoms with Crippen molar-refractivity contribution in [3.8, 4) is 28.6 Å². The van der Waals surface area contributed by atoms with Crippen LogP contribution in [0.3, 0.4) is 0 Å². The van der Waals surface area contributed by atoms with Gasteiger partial charge in [-0.25, -0.2) is 4.98 Å². The molecule has 6 nitrogen and oxygen atoms in total. The highest BCUT2D eigenvalue weighted by Gasteiger charge is 2.19. The summed E-state index contributed by atoms with van der Waals surface area (Å²) in [5, 5.41) is 7.23. The maximum absolute atomic E-state index is 5.46. The van der Waals surface area contributed by atoms with Gasteiger partial charge in [0.1, 0.15) is 5.82 Å². The first-order chi connectivity index (χ1) is 10.1. The lowest BCUT2D eigenvalue weighted by atomic mass is 10.1. The molecule has 114 valence electrons. The monoisotopic (exact) mass is 291 g/mol. The van der Waals surface area contributed by atoms with Gasteiger partial charge in [0.2, 0.25) is 5.75 Å². The van der Waals surface area contributed by atoms with Crippen LogP contribution < -0.4 is 14.2 Å². The molecule has 2 aromatic rings. The van der Waals surface area contributed by atoms with E-state index in [4.69, 9.17) is 14.2 Å².